The van der Waals surface area contributed by atoms with Gasteiger partial charge in [-0.3, -0.25) is 24.3 Å². The first kappa shape index (κ1) is 24.6. The molecule has 3 fully saturated rings. The number of thiazole rings is 1. The minimum absolute atomic E-state index is 0.169. The van der Waals surface area contributed by atoms with Crippen molar-refractivity contribution in [2.45, 2.75) is 71.4 Å². The van der Waals surface area contributed by atoms with Crippen LogP contribution in [0.5, 0.6) is 0 Å². The molecule has 184 valence electrons. The molecule has 4 rings (SSSR count). The van der Waals surface area contributed by atoms with Crippen molar-refractivity contribution in [1.29, 1.82) is 0 Å². The number of hydrogen-bond donors (Lipinski definition) is 0. The Bertz CT molecular complexity index is 764. The minimum Gasteiger partial charge on any atom is -0.341 e. The van der Waals surface area contributed by atoms with Crippen LogP contribution in [0, 0.1) is 11.8 Å². The Hall–Kier alpha value is -1.51. The molecule has 0 bridgehead atoms. The minimum atomic E-state index is -0.169. The zero-order chi connectivity index (χ0) is 23.4. The largest absolute Gasteiger partial charge is 0.341 e. The van der Waals surface area contributed by atoms with Crippen molar-refractivity contribution in [2.24, 2.45) is 11.8 Å². The van der Waals surface area contributed by atoms with E-state index in [1.807, 2.05) is 17.2 Å². The van der Waals surface area contributed by atoms with Gasteiger partial charge >= 0.3 is 0 Å². The van der Waals surface area contributed by atoms with Crippen LogP contribution < -0.4 is 4.90 Å². The number of anilines is 1. The zero-order valence-corrected chi connectivity index (χ0v) is 21.4. The number of nitrogens with zero attached hydrogens (tertiary/aromatic N) is 5. The number of amides is 2. The lowest BCUT2D eigenvalue weighted by Gasteiger charge is -2.41. The fourth-order valence-electron chi connectivity index (χ4n) is 5.93. The van der Waals surface area contributed by atoms with Gasteiger partial charge in [-0.1, -0.05) is 33.1 Å². The molecule has 0 radical (unpaired) electrons. The molecule has 1 aromatic rings. The Kier molecular flexibility index (Phi) is 8.41. The summed E-state index contributed by atoms with van der Waals surface area (Å²) >= 11 is 1.56. The SMILES string of the molecule is C[C@@H]1C[C@@H](C)CN(C(=O)CN2CCN([C@@H](C)C(=O)N(c3nccs3)C3CCCCC3)CC2)C1. The summed E-state index contributed by atoms with van der Waals surface area (Å²) in [5.41, 5.74) is 0. The van der Waals surface area contributed by atoms with E-state index >= 15 is 0 Å². The fourth-order valence-corrected chi connectivity index (χ4v) is 6.65. The van der Waals surface area contributed by atoms with E-state index < -0.39 is 0 Å². The van der Waals surface area contributed by atoms with Crippen molar-refractivity contribution in [3.63, 3.8) is 0 Å². The van der Waals surface area contributed by atoms with Crippen LogP contribution in [0.1, 0.15) is 59.3 Å². The van der Waals surface area contributed by atoms with Gasteiger partial charge in [0.25, 0.3) is 0 Å². The number of carbonyl (C=O) groups is 2. The van der Waals surface area contributed by atoms with Gasteiger partial charge in [0.2, 0.25) is 11.8 Å². The predicted octanol–water partition coefficient (Wildman–Crippen LogP) is 3.32. The molecule has 3 heterocycles. The Morgan fingerprint density at radius 1 is 1.09 bits per heavy atom. The van der Waals surface area contributed by atoms with E-state index in [2.05, 4.69) is 33.5 Å². The molecular weight excluding hydrogens is 434 g/mol. The first-order valence-electron chi connectivity index (χ1n) is 12.9. The standard InChI is InChI=1S/C25H41N5O2S/c1-19-15-20(2)17-29(16-19)23(31)18-27-10-12-28(13-11-27)21(3)24(32)30(25-26-9-14-33-25)22-7-5-4-6-8-22/h9,14,19-22H,4-8,10-13,15-18H2,1-3H3/t19-,20-,21+/m1/s1. The number of piperazine rings is 1. The molecule has 1 aliphatic carbocycles. The summed E-state index contributed by atoms with van der Waals surface area (Å²) < 4.78 is 0. The lowest BCUT2D eigenvalue weighted by atomic mass is 9.92. The lowest BCUT2D eigenvalue weighted by molar-refractivity contribution is -0.136. The molecule has 2 aliphatic heterocycles. The molecule has 0 spiro atoms. The maximum atomic E-state index is 13.6. The Labute approximate surface area is 203 Å². The summed E-state index contributed by atoms with van der Waals surface area (Å²) in [7, 11) is 0. The van der Waals surface area contributed by atoms with Crippen molar-refractivity contribution in [3.05, 3.63) is 11.6 Å². The number of hydrogen-bond acceptors (Lipinski definition) is 6. The maximum absolute atomic E-state index is 13.6. The molecule has 3 atom stereocenters. The Balaban J connectivity index is 1.31. The Morgan fingerprint density at radius 2 is 1.76 bits per heavy atom. The number of carbonyl (C=O) groups excluding carboxylic acids is 2. The summed E-state index contributed by atoms with van der Waals surface area (Å²) in [6.07, 6.45) is 8.80. The second-order valence-electron chi connectivity index (χ2n) is 10.5. The first-order chi connectivity index (χ1) is 15.9. The summed E-state index contributed by atoms with van der Waals surface area (Å²) in [6, 6.07) is 0.102. The van der Waals surface area contributed by atoms with E-state index in [0.717, 1.165) is 57.2 Å². The van der Waals surface area contributed by atoms with Crippen LogP contribution in [-0.2, 0) is 9.59 Å². The molecule has 0 aromatic carbocycles. The van der Waals surface area contributed by atoms with Crippen LogP contribution in [0.3, 0.4) is 0 Å². The molecule has 1 aromatic heterocycles. The molecule has 7 nitrogen and oxygen atoms in total. The van der Waals surface area contributed by atoms with E-state index in [9.17, 15) is 9.59 Å². The summed E-state index contributed by atoms with van der Waals surface area (Å²) in [4.78, 5) is 39.6. The molecule has 1 saturated carbocycles. The van der Waals surface area contributed by atoms with Crippen LogP contribution >= 0.6 is 11.3 Å². The fraction of sp³-hybridized carbons (Fsp3) is 0.800. The highest BCUT2D eigenvalue weighted by atomic mass is 32.1. The van der Waals surface area contributed by atoms with Crippen molar-refractivity contribution in [3.8, 4) is 0 Å². The molecule has 33 heavy (non-hydrogen) atoms. The second kappa shape index (κ2) is 11.3. The number of piperidine rings is 1. The van der Waals surface area contributed by atoms with Crippen LogP contribution in [-0.4, -0.2) is 89.4 Å². The molecule has 8 heteroatoms. The van der Waals surface area contributed by atoms with E-state index in [4.69, 9.17) is 0 Å². The second-order valence-corrected chi connectivity index (χ2v) is 11.4. The van der Waals surface area contributed by atoms with Crippen LogP contribution in [0.15, 0.2) is 11.6 Å². The normalized spacial score (nSPS) is 26.8. The van der Waals surface area contributed by atoms with Crippen molar-refractivity contribution < 1.29 is 9.59 Å². The third-order valence-corrected chi connectivity index (χ3v) is 8.47. The highest BCUT2D eigenvalue weighted by molar-refractivity contribution is 7.13. The van der Waals surface area contributed by atoms with E-state index in [-0.39, 0.29) is 23.9 Å². The summed E-state index contributed by atoms with van der Waals surface area (Å²) in [6.45, 7) is 12.1. The van der Waals surface area contributed by atoms with Crippen molar-refractivity contribution >= 4 is 28.3 Å². The topological polar surface area (TPSA) is 60.0 Å². The summed E-state index contributed by atoms with van der Waals surface area (Å²) in [5.74, 6) is 1.62. The van der Waals surface area contributed by atoms with E-state index in [1.54, 1.807) is 17.5 Å². The van der Waals surface area contributed by atoms with Crippen molar-refractivity contribution in [1.82, 2.24) is 19.7 Å². The molecule has 0 unspecified atom stereocenters. The van der Waals surface area contributed by atoms with Gasteiger partial charge in [0.15, 0.2) is 5.13 Å². The van der Waals surface area contributed by atoms with Crippen LogP contribution in [0.25, 0.3) is 0 Å². The predicted molar refractivity (Wildman–Crippen MR) is 133 cm³/mol. The van der Waals surface area contributed by atoms with Gasteiger partial charge in [-0.25, -0.2) is 4.98 Å². The van der Waals surface area contributed by atoms with Gasteiger partial charge in [-0.2, -0.15) is 0 Å². The third kappa shape index (κ3) is 6.14. The first-order valence-corrected chi connectivity index (χ1v) is 13.8. The monoisotopic (exact) mass is 475 g/mol. The van der Waals surface area contributed by atoms with E-state index in [0.29, 0.717) is 18.4 Å². The molecule has 0 N–H and O–H groups in total. The lowest BCUT2D eigenvalue weighted by Crippen LogP contribution is -2.57. The van der Waals surface area contributed by atoms with Gasteiger partial charge in [0.1, 0.15) is 0 Å². The Morgan fingerprint density at radius 3 is 2.36 bits per heavy atom. The van der Waals surface area contributed by atoms with Gasteiger partial charge in [0.05, 0.1) is 12.6 Å². The zero-order valence-electron chi connectivity index (χ0n) is 20.6. The van der Waals surface area contributed by atoms with Crippen molar-refractivity contribution in [2.75, 3.05) is 50.7 Å². The number of aromatic nitrogens is 1. The maximum Gasteiger partial charge on any atom is 0.246 e. The van der Waals surface area contributed by atoms with Gasteiger partial charge in [-0.05, 0) is 38.0 Å². The number of rotatable bonds is 6. The highest BCUT2D eigenvalue weighted by Gasteiger charge is 2.35. The van der Waals surface area contributed by atoms with Crippen LogP contribution in [0.4, 0.5) is 5.13 Å². The average Bonchev–Trinajstić information content (AvgIpc) is 3.33. The third-order valence-electron chi connectivity index (χ3n) is 7.70. The average molecular weight is 476 g/mol. The molecule has 3 aliphatic rings. The summed E-state index contributed by atoms with van der Waals surface area (Å²) in [5, 5.41) is 2.80. The van der Waals surface area contributed by atoms with Gasteiger partial charge < -0.3 is 4.90 Å². The van der Waals surface area contributed by atoms with E-state index in [1.165, 1.54) is 25.7 Å². The molecular formula is C25H41N5O2S. The number of likely N-dealkylation sites (tertiary alicyclic amines) is 1. The molecule has 2 saturated heterocycles. The smallest absolute Gasteiger partial charge is 0.246 e. The molecule has 2 amide bonds. The highest BCUT2D eigenvalue weighted by Crippen LogP contribution is 2.30. The van der Waals surface area contributed by atoms with Gasteiger partial charge in [-0.15, -0.1) is 11.3 Å². The quantitative estimate of drug-likeness (QED) is 0.632. The van der Waals surface area contributed by atoms with Crippen LogP contribution in [0.2, 0.25) is 0 Å². The van der Waals surface area contributed by atoms with Gasteiger partial charge in [0, 0.05) is 56.9 Å².